The fraction of sp³-hybridized carbons (Fsp3) is 0.235. The zero-order chi connectivity index (χ0) is 18.9. The lowest BCUT2D eigenvalue weighted by molar-refractivity contribution is -0.122. The highest BCUT2D eigenvalue weighted by Gasteiger charge is 2.31. The molecular weight excluding hydrogens is 444 g/mol. The number of nitrogens with zero attached hydrogens (tertiary/aromatic N) is 1. The minimum absolute atomic E-state index is 0.116. The maximum absolute atomic E-state index is 12.6. The van der Waals surface area contributed by atoms with Crippen LogP contribution in [0.1, 0.15) is 6.42 Å². The van der Waals surface area contributed by atoms with E-state index < -0.39 is 16.1 Å². The molecule has 0 aliphatic carbocycles. The molecule has 2 aromatic rings. The van der Waals surface area contributed by atoms with Crippen LogP contribution in [0.4, 0.5) is 11.4 Å². The highest BCUT2D eigenvalue weighted by molar-refractivity contribution is 9.10. The Labute approximate surface area is 165 Å². The molecule has 0 saturated heterocycles. The van der Waals surface area contributed by atoms with Gasteiger partial charge in [0.1, 0.15) is 5.75 Å². The number of nitrogens with one attached hydrogen (secondary N) is 1. The third-order valence-electron chi connectivity index (χ3n) is 3.86. The molecule has 0 saturated carbocycles. The average molecular weight is 460 g/mol. The molecule has 0 bridgehead atoms. The van der Waals surface area contributed by atoms with Gasteiger partial charge in [-0.05, 0) is 42.5 Å². The van der Waals surface area contributed by atoms with E-state index in [4.69, 9.17) is 16.3 Å². The number of halogens is 2. The number of rotatable bonds is 3. The van der Waals surface area contributed by atoms with Gasteiger partial charge in [0.15, 0.2) is 6.10 Å². The van der Waals surface area contributed by atoms with Gasteiger partial charge in [-0.1, -0.05) is 27.5 Å². The van der Waals surface area contributed by atoms with E-state index in [1.54, 1.807) is 24.3 Å². The highest BCUT2D eigenvalue weighted by atomic mass is 79.9. The Morgan fingerprint density at radius 3 is 2.62 bits per heavy atom. The first-order chi connectivity index (χ1) is 12.2. The molecular formula is C17H16BrClN2O4S. The van der Waals surface area contributed by atoms with E-state index in [-0.39, 0.29) is 18.9 Å². The Balaban J connectivity index is 1.86. The Morgan fingerprint density at radius 2 is 1.96 bits per heavy atom. The lowest BCUT2D eigenvalue weighted by Gasteiger charge is -2.21. The molecule has 3 rings (SSSR count). The molecule has 6 nitrogen and oxygen atoms in total. The number of benzene rings is 2. The summed E-state index contributed by atoms with van der Waals surface area (Å²) in [5, 5.41) is 3.17. The summed E-state index contributed by atoms with van der Waals surface area (Å²) in [5.74, 6) is -0.0446. The Kier molecular flexibility index (Phi) is 5.45. The molecule has 138 valence electrons. The van der Waals surface area contributed by atoms with Crippen LogP contribution in [0.15, 0.2) is 46.9 Å². The van der Waals surface area contributed by atoms with Gasteiger partial charge in [-0.25, -0.2) is 8.42 Å². The average Bonchev–Trinajstić information content (AvgIpc) is 2.76. The van der Waals surface area contributed by atoms with Gasteiger partial charge in [0.25, 0.3) is 5.91 Å². The van der Waals surface area contributed by atoms with Crippen molar-refractivity contribution >= 4 is 54.8 Å². The fourth-order valence-electron chi connectivity index (χ4n) is 2.64. The van der Waals surface area contributed by atoms with Gasteiger partial charge in [0.2, 0.25) is 10.0 Å². The number of anilines is 2. The number of hydrogen-bond acceptors (Lipinski definition) is 4. The second-order valence-electron chi connectivity index (χ2n) is 5.84. The zero-order valence-electron chi connectivity index (χ0n) is 13.8. The Hall–Kier alpha value is -1.77. The molecule has 2 aromatic carbocycles. The SMILES string of the molecule is CS(=O)(=O)N1CCC(C(=O)Nc2ccc(Br)cc2)Oc2ccc(Cl)cc21. The summed E-state index contributed by atoms with van der Waals surface area (Å²) < 4.78 is 32.2. The monoisotopic (exact) mass is 458 g/mol. The van der Waals surface area contributed by atoms with E-state index in [1.807, 2.05) is 12.1 Å². The second kappa shape index (κ2) is 7.46. The van der Waals surface area contributed by atoms with Crippen molar-refractivity contribution in [3.8, 4) is 5.75 Å². The van der Waals surface area contributed by atoms with Crippen LogP contribution in [0.2, 0.25) is 5.02 Å². The number of hydrogen-bond donors (Lipinski definition) is 1. The Morgan fingerprint density at radius 1 is 1.27 bits per heavy atom. The number of amides is 1. The van der Waals surface area contributed by atoms with Crippen LogP contribution in [-0.4, -0.2) is 33.2 Å². The molecule has 1 unspecified atom stereocenters. The predicted octanol–water partition coefficient (Wildman–Crippen LogP) is 3.66. The number of carbonyl (C=O) groups is 1. The summed E-state index contributed by atoms with van der Waals surface area (Å²) in [5.41, 5.74) is 0.960. The van der Waals surface area contributed by atoms with Crippen LogP contribution in [0.3, 0.4) is 0 Å². The van der Waals surface area contributed by atoms with Crippen LogP contribution in [-0.2, 0) is 14.8 Å². The quantitative estimate of drug-likeness (QED) is 0.760. The minimum atomic E-state index is -3.53. The van der Waals surface area contributed by atoms with Crippen molar-refractivity contribution in [3.05, 3.63) is 52.0 Å². The first-order valence-corrected chi connectivity index (χ1v) is 10.8. The van der Waals surface area contributed by atoms with Gasteiger partial charge >= 0.3 is 0 Å². The third kappa shape index (κ3) is 4.31. The highest BCUT2D eigenvalue weighted by Crippen LogP contribution is 2.36. The van der Waals surface area contributed by atoms with Crippen LogP contribution in [0.25, 0.3) is 0 Å². The van der Waals surface area contributed by atoms with E-state index >= 15 is 0 Å². The molecule has 0 spiro atoms. The van der Waals surface area contributed by atoms with Crippen molar-refractivity contribution in [3.63, 3.8) is 0 Å². The molecule has 1 amide bonds. The van der Waals surface area contributed by atoms with Crippen molar-refractivity contribution in [2.45, 2.75) is 12.5 Å². The van der Waals surface area contributed by atoms with Crippen LogP contribution in [0.5, 0.6) is 5.75 Å². The normalized spacial score (nSPS) is 17.0. The molecule has 0 fully saturated rings. The van der Waals surface area contributed by atoms with E-state index in [0.717, 1.165) is 10.7 Å². The molecule has 0 radical (unpaired) electrons. The van der Waals surface area contributed by atoms with Crippen molar-refractivity contribution in [1.82, 2.24) is 0 Å². The summed E-state index contributed by atoms with van der Waals surface area (Å²) in [6.07, 6.45) is 0.493. The summed E-state index contributed by atoms with van der Waals surface area (Å²) in [6, 6.07) is 11.8. The van der Waals surface area contributed by atoms with Gasteiger partial charge in [0, 0.05) is 28.1 Å². The standard InChI is InChI=1S/C17H16BrClN2O4S/c1-26(23,24)21-9-8-16(25-15-7-4-12(19)10-14(15)21)17(22)20-13-5-2-11(18)3-6-13/h2-7,10,16H,8-9H2,1H3,(H,20,22). The smallest absolute Gasteiger partial charge is 0.265 e. The molecule has 0 aromatic heterocycles. The fourth-order valence-corrected chi connectivity index (χ4v) is 4.01. The summed E-state index contributed by atoms with van der Waals surface area (Å²) in [7, 11) is -3.53. The lowest BCUT2D eigenvalue weighted by Crippen LogP contribution is -2.35. The van der Waals surface area contributed by atoms with E-state index in [2.05, 4.69) is 21.2 Å². The topological polar surface area (TPSA) is 75.7 Å². The largest absolute Gasteiger partial charge is 0.478 e. The molecule has 1 N–H and O–H groups in total. The van der Waals surface area contributed by atoms with Crippen molar-refractivity contribution in [2.24, 2.45) is 0 Å². The van der Waals surface area contributed by atoms with Crippen molar-refractivity contribution in [2.75, 3.05) is 22.4 Å². The number of carbonyl (C=O) groups excluding carboxylic acids is 1. The van der Waals surface area contributed by atoms with Crippen LogP contribution < -0.4 is 14.4 Å². The van der Waals surface area contributed by atoms with Gasteiger partial charge in [-0.3, -0.25) is 9.10 Å². The second-order valence-corrected chi connectivity index (χ2v) is 9.10. The van der Waals surface area contributed by atoms with Crippen molar-refractivity contribution < 1.29 is 17.9 Å². The first-order valence-electron chi connectivity index (χ1n) is 7.74. The summed E-state index contributed by atoms with van der Waals surface area (Å²) >= 11 is 9.34. The number of ether oxygens (including phenoxy) is 1. The molecule has 1 atom stereocenters. The predicted molar refractivity (Wildman–Crippen MR) is 105 cm³/mol. The maximum atomic E-state index is 12.6. The maximum Gasteiger partial charge on any atom is 0.265 e. The van der Waals surface area contributed by atoms with Gasteiger partial charge < -0.3 is 10.1 Å². The molecule has 1 heterocycles. The van der Waals surface area contributed by atoms with E-state index in [0.29, 0.717) is 22.1 Å². The lowest BCUT2D eigenvalue weighted by atomic mass is 10.2. The van der Waals surface area contributed by atoms with Crippen LogP contribution >= 0.6 is 27.5 Å². The molecule has 9 heteroatoms. The Bertz CT molecular complexity index is 934. The van der Waals surface area contributed by atoms with E-state index in [1.165, 1.54) is 10.4 Å². The van der Waals surface area contributed by atoms with E-state index in [9.17, 15) is 13.2 Å². The minimum Gasteiger partial charge on any atom is -0.478 e. The summed E-state index contributed by atoms with van der Waals surface area (Å²) in [4.78, 5) is 12.6. The van der Waals surface area contributed by atoms with Gasteiger partial charge in [-0.15, -0.1) is 0 Å². The molecule has 26 heavy (non-hydrogen) atoms. The summed E-state index contributed by atoms with van der Waals surface area (Å²) in [6.45, 7) is 0.116. The third-order valence-corrected chi connectivity index (χ3v) is 5.80. The van der Waals surface area contributed by atoms with Gasteiger partial charge in [0.05, 0.1) is 11.9 Å². The van der Waals surface area contributed by atoms with Crippen molar-refractivity contribution in [1.29, 1.82) is 0 Å². The number of fused-ring (bicyclic) bond motifs is 1. The zero-order valence-corrected chi connectivity index (χ0v) is 16.9. The van der Waals surface area contributed by atoms with Crippen LogP contribution in [0, 0.1) is 0 Å². The molecule has 1 aliphatic rings. The molecule has 1 aliphatic heterocycles. The van der Waals surface area contributed by atoms with Gasteiger partial charge in [-0.2, -0.15) is 0 Å². The number of sulfonamides is 1. The first kappa shape index (κ1) is 19.0.